The molecule has 1 saturated carbocycles. The van der Waals surface area contributed by atoms with Crippen molar-refractivity contribution in [1.29, 1.82) is 0 Å². The fourth-order valence-corrected chi connectivity index (χ4v) is 3.34. The fourth-order valence-electron chi connectivity index (χ4n) is 3.34. The monoisotopic (exact) mass is 360 g/mol. The summed E-state index contributed by atoms with van der Waals surface area (Å²) >= 11 is 0. The van der Waals surface area contributed by atoms with Crippen molar-refractivity contribution in [2.75, 3.05) is 0 Å². The molecule has 1 aromatic carbocycles. The Hall–Kier alpha value is -1.85. The Balaban J connectivity index is 1.97. The Morgan fingerprint density at radius 2 is 1.68 bits per heavy atom. The van der Waals surface area contributed by atoms with Gasteiger partial charge in [0.1, 0.15) is 0 Å². The van der Waals surface area contributed by atoms with Crippen LogP contribution in [0.5, 0.6) is 5.75 Å². The van der Waals surface area contributed by atoms with Crippen LogP contribution in [-0.2, 0) is 0 Å². The summed E-state index contributed by atoms with van der Waals surface area (Å²) in [6.45, 7) is 3.61. The minimum absolute atomic E-state index is 0.0381. The maximum atomic E-state index is 13.8. The predicted octanol–water partition coefficient (Wildman–Crippen LogP) is 6.66. The molecule has 0 heterocycles. The number of allylic oxidation sites excluding steroid dienone is 3. The summed E-state index contributed by atoms with van der Waals surface area (Å²) < 4.78 is 67.6. The second-order valence-corrected chi connectivity index (χ2v) is 6.32. The van der Waals surface area contributed by atoms with E-state index in [1.807, 2.05) is 6.08 Å². The number of ether oxygens (including phenoxy) is 1. The Labute approximate surface area is 144 Å². The SMILES string of the molecule is C=C/C=C/CCC1CCC(c2cc(F)c(OC(F)(F)F)c(F)c2)CC1. The topological polar surface area (TPSA) is 9.23 Å². The average molecular weight is 360 g/mol. The highest BCUT2D eigenvalue weighted by Gasteiger charge is 2.34. The van der Waals surface area contributed by atoms with Gasteiger partial charge in [-0.25, -0.2) is 8.78 Å². The van der Waals surface area contributed by atoms with Gasteiger partial charge in [0, 0.05) is 0 Å². The van der Waals surface area contributed by atoms with E-state index < -0.39 is 23.7 Å². The van der Waals surface area contributed by atoms with Crippen LogP contribution in [0.2, 0.25) is 0 Å². The average Bonchev–Trinajstić information content (AvgIpc) is 2.54. The van der Waals surface area contributed by atoms with E-state index in [-0.39, 0.29) is 5.92 Å². The van der Waals surface area contributed by atoms with Crippen LogP contribution in [0.4, 0.5) is 22.0 Å². The Bertz CT molecular complexity index is 590. The smallest absolute Gasteiger partial charge is 0.399 e. The summed E-state index contributed by atoms with van der Waals surface area (Å²) in [7, 11) is 0. The van der Waals surface area contributed by atoms with Crippen LogP contribution in [-0.4, -0.2) is 6.36 Å². The van der Waals surface area contributed by atoms with Gasteiger partial charge >= 0.3 is 6.36 Å². The molecule has 0 atom stereocenters. The number of hydrogen-bond acceptors (Lipinski definition) is 1. The number of alkyl halides is 3. The van der Waals surface area contributed by atoms with E-state index in [0.717, 1.165) is 50.7 Å². The third-order valence-corrected chi connectivity index (χ3v) is 4.57. The van der Waals surface area contributed by atoms with Crippen molar-refractivity contribution in [2.24, 2.45) is 5.92 Å². The molecule has 0 unspecified atom stereocenters. The zero-order valence-corrected chi connectivity index (χ0v) is 13.8. The lowest BCUT2D eigenvalue weighted by atomic mass is 9.77. The van der Waals surface area contributed by atoms with Gasteiger partial charge in [-0.15, -0.1) is 13.2 Å². The molecule has 0 spiro atoms. The van der Waals surface area contributed by atoms with E-state index in [1.54, 1.807) is 6.08 Å². The first-order valence-corrected chi connectivity index (χ1v) is 8.32. The Morgan fingerprint density at radius 1 is 1.08 bits per heavy atom. The second kappa shape index (κ2) is 8.50. The van der Waals surface area contributed by atoms with Crippen LogP contribution in [0.3, 0.4) is 0 Å². The lowest BCUT2D eigenvalue weighted by Crippen LogP contribution is -2.19. The Morgan fingerprint density at radius 3 is 2.20 bits per heavy atom. The number of halogens is 5. The van der Waals surface area contributed by atoms with Gasteiger partial charge in [-0.1, -0.05) is 24.8 Å². The van der Waals surface area contributed by atoms with Gasteiger partial charge in [-0.3, -0.25) is 0 Å². The zero-order chi connectivity index (χ0) is 18.4. The molecule has 1 fully saturated rings. The van der Waals surface area contributed by atoms with Crippen molar-refractivity contribution >= 4 is 0 Å². The van der Waals surface area contributed by atoms with Crippen molar-refractivity contribution in [3.8, 4) is 5.75 Å². The highest BCUT2D eigenvalue weighted by molar-refractivity contribution is 5.33. The first kappa shape index (κ1) is 19.5. The maximum absolute atomic E-state index is 13.8. The van der Waals surface area contributed by atoms with E-state index in [0.29, 0.717) is 11.5 Å². The molecule has 1 aromatic rings. The second-order valence-electron chi connectivity index (χ2n) is 6.32. The molecular formula is C19H21F5O. The highest BCUT2D eigenvalue weighted by Crippen LogP contribution is 2.39. The fraction of sp³-hybridized carbons (Fsp3) is 0.474. The van der Waals surface area contributed by atoms with Crippen LogP contribution >= 0.6 is 0 Å². The predicted molar refractivity (Wildman–Crippen MR) is 86.3 cm³/mol. The maximum Gasteiger partial charge on any atom is 0.573 e. The summed E-state index contributed by atoms with van der Waals surface area (Å²) in [5.41, 5.74) is 0.398. The van der Waals surface area contributed by atoms with Crippen molar-refractivity contribution in [3.05, 3.63) is 54.1 Å². The molecule has 1 aliphatic carbocycles. The van der Waals surface area contributed by atoms with Crippen LogP contribution in [0.25, 0.3) is 0 Å². The zero-order valence-electron chi connectivity index (χ0n) is 13.8. The largest absolute Gasteiger partial charge is 0.573 e. The van der Waals surface area contributed by atoms with Crippen LogP contribution in [0, 0.1) is 17.6 Å². The summed E-state index contributed by atoms with van der Waals surface area (Å²) in [6, 6.07) is 1.92. The molecule has 0 amide bonds. The van der Waals surface area contributed by atoms with Crippen molar-refractivity contribution in [1.82, 2.24) is 0 Å². The molecule has 0 aliphatic heterocycles. The molecule has 0 aromatic heterocycles. The molecule has 0 bridgehead atoms. The summed E-state index contributed by atoms with van der Waals surface area (Å²) in [5, 5.41) is 0. The van der Waals surface area contributed by atoms with Gasteiger partial charge in [0.15, 0.2) is 11.6 Å². The summed E-state index contributed by atoms with van der Waals surface area (Å²) in [6.07, 6.45) is 6.01. The van der Waals surface area contributed by atoms with Crippen molar-refractivity contribution in [3.63, 3.8) is 0 Å². The quantitative estimate of drug-likeness (QED) is 0.407. The highest BCUT2D eigenvalue weighted by atomic mass is 19.4. The minimum atomic E-state index is -5.12. The number of rotatable bonds is 6. The molecule has 0 N–H and O–H groups in total. The first-order valence-electron chi connectivity index (χ1n) is 8.32. The molecular weight excluding hydrogens is 339 g/mol. The van der Waals surface area contributed by atoms with Crippen LogP contribution in [0.15, 0.2) is 36.9 Å². The molecule has 1 nitrogen and oxygen atoms in total. The van der Waals surface area contributed by atoms with Gasteiger partial charge in [-0.05, 0) is 68.1 Å². The van der Waals surface area contributed by atoms with Gasteiger partial charge in [0.25, 0.3) is 0 Å². The lowest BCUT2D eigenvalue weighted by Gasteiger charge is -2.29. The minimum Gasteiger partial charge on any atom is -0.399 e. The van der Waals surface area contributed by atoms with E-state index in [9.17, 15) is 22.0 Å². The normalized spacial score (nSPS) is 21.5. The van der Waals surface area contributed by atoms with E-state index in [1.165, 1.54) is 0 Å². The summed E-state index contributed by atoms with van der Waals surface area (Å²) in [5.74, 6) is -3.50. The standard InChI is InChI=1S/C19H21F5O/c1-2-3-4-5-6-13-7-9-14(10-8-13)15-11-16(20)18(17(21)12-15)25-19(22,23)24/h2-4,11-14H,1,5-10H2/b4-3+. The van der Waals surface area contributed by atoms with Gasteiger partial charge in [-0.2, -0.15) is 0 Å². The molecule has 138 valence electrons. The molecule has 1 aliphatic rings. The summed E-state index contributed by atoms with van der Waals surface area (Å²) in [4.78, 5) is 0. The van der Waals surface area contributed by atoms with Crippen LogP contribution in [0.1, 0.15) is 50.0 Å². The lowest BCUT2D eigenvalue weighted by molar-refractivity contribution is -0.276. The molecule has 25 heavy (non-hydrogen) atoms. The molecule has 2 rings (SSSR count). The van der Waals surface area contributed by atoms with Crippen molar-refractivity contribution < 1.29 is 26.7 Å². The third-order valence-electron chi connectivity index (χ3n) is 4.57. The van der Waals surface area contributed by atoms with Gasteiger partial charge < -0.3 is 4.74 Å². The molecule has 6 heteroatoms. The van der Waals surface area contributed by atoms with Gasteiger partial charge in [0.2, 0.25) is 5.75 Å². The molecule has 0 radical (unpaired) electrons. The van der Waals surface area contributed by atoms with E-state index in [2.05, 4.69) is 17.4 Å². The molecule has 0 saturated heterocycles. The third kappa shape index (κ3) is 5.87. The number of hydrogen-bond donors (Lipinski definition) is 0. The Kier molecular flexibility index (Phi) is 6.62. The van der Waals surface area contributed by atoms with E-state index in [4.69, 9.17) is 0 Å². The van der Waals surface area contributed by atoms with Crippen molar-refractivity contribution in [2.45, 2.75) is 50.8 Å². The first-order chi connectivity index (χ1) is 11.8. The van der Waals surface area contributed by atoms with Crippen LogP contribution < -0.4 is 4.74 Å². The van der Waals surface area contributed by atoms with E-state index >= 15 is 0 Å². The van der Waals surface area contributed by atoms with Gasteiger partial charge in [0.05, 0.1) is 0 Å². The number of benzene rings is 1.